The van der Waals surface area contributed by atoms with Crippen molar-refractivity contribution in [2.24, 2.45) is 0 Å². The summed E-state index contributed by atoms with van der Waals surface area (Å²) in [6.07, 6.45) is 0. The van der Waals surface area contributed by atoms with Crippen molar-refractivity contribution >= 4 is 28.4 Å². The highest BCUT2D eigenvalue weighted by atomic mass is 35.5. The van der Waals surface area contributed by atoms with E-state index in [1.165, 1.54) is 0 Å². The molecule has 0 atom stereocenters. The first-order chi connectivity index (χ1) is 9.67. The number of fused-ring (bicyclic) bond motifs is 1. The van der Waals surface area contributed by atoms with E-state index in [9.17, 15) is 4.79 Å². The van der Waals surface area contributed by atoms with Gasteiger partial charge >= 0.3 is 0 Å². The molecule has 3 rings (SSSR count). The van der Waals surface area contributed by atoms with Crippen molar-refractivity contribution in [1.29, 1.82) is 0 Å². The molecule has 0 aliphatic rings. The van der Waals surface area contributed by atoms with Gasteiger partial charge in [-0.3, -0.25) is 4.79 Å². The summed E-state index contributed by atoms with van der Waals surface area (Å²) in [5, 5.41) is 1.43. The molecule has 0 aliphatic carbocycles. The Hall–Kier alpha value is -2.26. The second-order valence-corrected chi connectivity index (χ2v) is 4.79. The van der Waals surface area contributed by atoms with Crippen LogP contribution in [-0.4, -0.2) is 12.9 Å². The van der Waals surface area contributed by atoms with Crippen molar-refractivity contribution in [1.82, 2.24) is 0 Å². The van der Waals surface area contributed by atoms with Crippen LogP contribution in [0, 0.1) is 0 Å². The van der Waals surface area contributed by atoms with E-state index in [1.807, 2.05) is 0 Å². The summed E-state index contributed by atoms with van der Waals surface area (Å²) in [5.74, 6) is 0.838. The number of furan rings is 1. The maximum atomic E-state index is 12.3. The second kappa shape index (κ2) is 5.02. The molecule has 1 heterocycles. The lowest BCUT2D eigenvalue weighted by atomic mass is 10.1. The Morgan fingerprint density at radius 3 is 2.55 bits per heavy atom. The van der Waals surface area contributed by atoms with Gasteiger partial charge in [0.1, 0.15) is 11.3 Å². The summed E-state index contributed by atoms with van der Waals surface area (Å²) >= 11 is 5.92. The van der Waals surface area contributed by atoms with Gasteiger partial charge in [0.15, 0.2) is 5.76 Å². The molecule has 0 saturated heterocycles. The normalized spacial score (nSPS) is 10.7. The average Bonchev–Trinajstić information content (AvgIpc) is 2.89. The van der Waals surface area contributed by atoms with E-state index < -0.39 is 0 Å². The third-order valence-corrected chi connectivity index (χ3v) is 3.29. The quantitative estimate of drug-likeness (QED) is 0.673. The minimum Gasteiger partial charge on any atom is -0.497 e. The van der Waals surface area contributed by atoms with E-state index in [0.717, 1.165) is 5.39 Å². The molecule has 0 aliphatic heterocycles. The average molecular weight is 287 g/mol. The van der Waals surface area contributed by atoms with Gasteiger partial charge in [0.2, 0.25) is 5.78 Å². The molecule has 0 radical (unpaired) electrons. The number of carbonyl (C=O) groups excluding carboxylic acids is 1. The number of ether oxygens (including phenoxy) is 1. The lowest BCUT2D eigenvalue weighted by Crippen LogP contribution is -1.99. The van der Waals surface area contributed by atoms with Crippen LogP contribution < -0.4 is 4.74 Å². The summed E-state index contributed by atoms with van der Waals surface area (Å²) in [4.78, 5) is 12.3. The van der Waals surface area contributed by atoms with Crippen LogP contribution in [0.1, 0.15) is 16.1 Å². The van der Waals surface area contributed by atoms with Crippen molar-refractivity contribution in [2.45, 2.75) is 0 Å². The molecule has 100 valence electrons. The summed E-state index contributed by atoms with van der Waals surface area (Å²) < 4.78 is 10.6. The van der Waals surface area contributed by atoms with Crippen LogP contribution in [0.4, 0.5) is 0 Å². The van der Waals surface area contributed by atoms with Crippen LogP contribution in [0.2, 0.25) is 5.02 Å². The van der Waals surface area contributed by atoms with Gasteiger partial charge in [-0.2, -0.15) is 0 Å². The van der Waals surface area contributed by atoms with E-state index in [4.69, 9.17) is 20.8 Å². The second-order valence-electron chi connectivity index (χ2n) is 4.35. The predicted molar refractivity (Wildman–Crippen MR) is 77.7 cm³/mol. The fourth-order valence-corrected chi connectivity index (χ4v) is 2.19. The number of hydrogen-bond acceptors (Lipinski definition) is 3. The summed E-state index contributed by atoms with van der Waals surface area (Å²) in [6, 6.07) is 13.9. The third kappa shape index (κ3) is 2.28. The first-order valence-corrected chi connectivity index (χ1v) is 6.43. The fourth-order valence-electron chi connectivity index (χ4n) is 2.01. The Morgan fingerprint density at radius 1 is 1.10 bits per heavy atom. The maximum Gasteiger partial charge on any atom is 0.228 e. The molecule has 0 saturated carbocycles. The van der Waals surface area contributed by atoms with Crippen LogP contribution >= 0.6 is 11.6 Å². The van der Waals surface area contributed by atoms with Gasteiger partial charge < -0.3 is 9.15 Å². The maximum absolute atomic E-state index is 12.3. The van der Waals surface area contributed by atoms with E-state index >= 15 is 0 Å². The number of rotatable bonds is 3. The van der Waals surface area contributed by atoms with Gasteiger partial charge in [0, 0.05) is 16.0 Å². The zero-order valence-electron chi connectivity index (χ0n) is 10.7. The minimum atomic E-state index is -0.167. The van der Waals surface area contributed by atoms with Gasteiger partial charge in [0.05, 0.1) is 7.11 Å². The van der Waals surface area contributed by atoms with Gasteiger partial charge in [-0.25, -0.2) is 0 Å². The fraction of sp³-hybridized carbons (Fsp3) is 0.0625. The van der Waals surface area contributed by atoms with Gasteiger partial charge in [0.25, 0.3) is 0 Å². The van der Waals surface area contributed by atoms with Crippen molar-refractivity contribution < 1.29 is 13.9 Å². The molecule has 3 aromatic rings. The molecule has 0 unspecified atom stereocenters. The smallest absolute Gasteiger partial charge is 0.228 e. The molecule has 0 N–H and O–H groups in total. The highest BCUT2D eigenvalue weighted by molar-refractivity contribution is 6.31. The summed E-state index contributed by atoms with van der Waals surface area (Å²) in [7, 11) is 1.58. The molecule has 3 nitrogen and oxygen atoms in total. The minimum absolute atomic E-state index is 0.167. The highest BCUT2D eigenvalue weighted by Crippen LogP contribution is 2.25. The predicted octanol–water partition coefficient (Wildman–Crippen LogP) is 4.33. The highest BCUT2D eigenvalue weighted by Gasteiger charge is 2.14. The molecule has 2 aromatic carbocycles. The van der Waals surface area contributed by atoms with Crippen LogP contribution in [0.25, 0.3) is 11.0 Å². The standard InChI is InChI=1S/C16H11ClO3/c1-19-13-5-2-10(3-6-13)16(18)15-9-11-8-12(17)4-7-14(11)20-15/h2-9H,1H3. The first-order valence-electron chi connectivity index (χ1n) is 6.05. The van der Waals surface area contributed by atoms with Gasteiger partial charge in [-0.1, -0.05) is 11.6 Å². The molecule has 0 bridgehead atoms. The largest absolute Gasteiger partial charge is 0.497 e. The number of ketones is 1. The molecule has 20 heavy (non-hydrogen) atoms. The Balaban J connectivity index is 1.98. The molecular weight excluding hydrogens is 276 g/mol. The van der Waals surface area contributed by atoms with E-state index in [0.29, 0.717) is 27.7 Å². The van der Waals surface area contributed by atoms with Crippen LogP contribution in [0.5, 0.6) is 5.75 Å². The number of carbonyl (C=O) groups is 1. The van der Waals surface area contributed by atoms with Crippen molar-refractivity contribution in [3.8, 4) is 5.75 Å². The molecule has 0 amide bonds. The Bertz CT molecular complexity index is 772. The summed E-state index contributed by atoms with van der Waals surface area (Å²) in [6.45, 7) is 0. The summed E-state index contributed by atoms with van der Waals surface area (Å²) in [5.41, 5.74) is 1.20. The van der Waals surface area contributed by atoms with Crippen molar-refractivity contribution in [2.75, 3.05) is 7.11 Å². The van der Waals surface area contributed by atoms with E-state index in [-0.39, 0.29) is 5.78 Å². The topological polar surface area (TPSA) is 39.4 Å². The Kier molecular flexibility index (Phi) is 3.20. The SMILES string of the molecule is COc1ccc(C(=O)c2cc3cc(Cl)ccc3o2)cc1. The monoisotopic (exact) mass is 286 g/mol. The lowest BCUT2D eigenvalue weighted by molar-refractivity contribution is 0.101. The first kappa shape index (κ1) is 12.8. The molecule has 0 spiro atoms. The van der Waals surface area contributed by atoms with Crippen LogP contribution in [0.3, 0.4) is 0 Å². The van der Waals surface area contributed by atoms with Crippen molar-refractivity contribution in [3.05, 3.63) is 64.9 Å². The molecule has 4 heteroatoms. The van der Waals surface area contributed by atoms with Gasteiger partial charge in [-0.05, 0) is 48.5 Å². The Labute approximate surface area is 120 Å². The Morgan fingerprint density at radius 2 is 1.85 bits per heavy atom. The number of halogens is 1. The number of methoxy groups -OCH3 is 1. The third-order valence-electron chi connectivity index (χ3n) is 3.05. The molecule has 1 aromatic heterocycles. The van der Waals surface area contributed by atoms with E-state index in [1.54, 1.807) is 55.6 Å². The van der Waals surface area contributed by atoms with Crippen LogP contribution in [-0.2, 0) is 0 Å². The molecular formula is C16H11ClO3. The number of benzene rings is 2. The van der Waals surface area contributed by atoms with Crippen molar-refractivity contribution in [3.63, 3.8) is 0 Å². The zero-order valence-corrected chi connectivity index (χ0v) is 11.5. The van der Waals surface area contributed by atoms with E-state index in [2.05, 4.69) is 0 Å². The zero-order chi connectivity index (χ0) is 14.1. The van der Waals surface area contributed by atoms with Crippen LogP contribution in [0.15, 0.2) is 52.9 Å². The van der Waals surface area contributed by atoms with Gasteiger partial charge in [-0.15, -0.1) is 0 Å². The number of hydrogen-bond donors (Lipinski definition) is 0. The lowest BCUT2D eigenvalue weighted by Gasteiger charge is -2.00. The molecule has 0 fully saturated rings.